The van der Waals surface area contributed by atoms with E-state index in [2.05, 4.69) is 4.90 Å². The largest absolute Gasteiger partial charge is 0.478 e. The summed E-state index contributed by atoms with van der Waals surface area (Å²) in [5.74, 6) is -2.16. The van der Waals surface area contributed by atoms with E-state index in [-0.39, 0.29) is 11.7 Å². The van der Waals surface area contributed by atoms with Crippen molar-refractivity contribution in [1.29, 1.82) is 0 Å². The third kappa shape index (κ3) is 5.05. The number of hydrogen-bond donors (Lipinski definition) is 1. The van der Waals surface area contributed by atoms with E-state index in [4.69, 9.17) is 23.2 Å². The summed E-state index contributed by atoms with van der Waals surface area (Å²) >= 11 is 12.1. The number of carboxylic acid groups (broad SMARTS) is 1. The molecule has 0 atom stereocenters. The lowest BCUT2D eigenvalue weighted by atomic mass is 9.93. The van der Waals surface area contributed by atoms with Crippen LogP contribution in [0.2, 0.25) is 10.0 Å². The predicted molar refractivity (Wildman–Crippen MR) is 131 cm³/mol. The van der Waals surface area contributed by atoms with Crippen LogP contribution in [-0.4, -0.2) is 49.8 Å². The van der Waals surface area contributed by atoms with Crippen LogP contribution in [0.1, 0.15) is 27.5 Å². The molecule has 6 nitrogen and oxygen atoms in total. The Labute approximate surface area is 207 Å². The van der Waals surface area contributed by atoms with Gasteiger partial charge in [0.2, 0.25) is 10.0 Å². The van der Waals surface area contributed by atoms with Crippen LogP contribution in [0.15, 0.2) is 66.7 Å². The summed E-state index contributed by atoms with van der Waals surface area (Å²) in [6.45, 7) is 0.666. The van der Waals surface area contributed by atoms with Gasteiger partial charge in [-0.15, -0.1) is 0 Å². The molecule has 10 heteroatoms. The maximum absolute atomic E-state index is 13.7. The Morgan fingerprint density at radius 3 is 1.94 bits per heavy atom. The van der Waals surface area contributed by atoms with Crippen LogP contribution < -0.4 is 4.31 Å². The molecular weight excluding hydrogens is 502 g/mol. The number of aromatic carboxylic acids is 1. The molecule has 0 bridgehead atoms. The van der Waals surface area contributed by atoms with E-state index in [1.807, 2.05) is 24.3 Å². The zero-order chi connectivity index (χ0) is 24.6. The van der Waals surface area contributed by atoms with Crippen molar-refractivity contribution in [2.24, 2.45) is 0 Å². The van der Waals surface area contributed by atoms with Crippen molar-refractivity contribution in [3.8, 4) is 0 Å². The highest BCUT2D eigenvalue weighted by atomic mass is 35.5. The number of halogens is 3. The molecule has 1 saturated heterocycles. The molecule has 0 saturated carbocycles. The quantitative estimate of drug-likeness (QED) is 0.468. The van der Waals surface area contributed by atoms with Crippen molar-refractivity contribution in [3.05, 3.63) is 99.3 Å². The molecule has 4 rings (SSSR count). The number of likely N-dealkylation sites (tertiary alicyclic amines) is 1. The van der Waals surface area contributed by atoms with Gasteiger partial charge in [0.05, 0.1) is 29.6 Å². The van der Waals surface area contributed by atoms with Crippen LogP contribution in [0.3, 0.4) is 0 Å². The molecule has 1 aliphatic rings. The molecule has 0 amide bonds. The fraction of sp³-hybridized carbons (Fsp3) is 0.208. The summed E-state index contributed by atoms with van der Waals surface area (Å²) < 4.78 is 40.2. The van der Waals surface area contributed by atoms with Gasteiger partial charge in [-0.25, -0.2) is 17.6 Å². The van der Waals surface area contributed by atoms with Gasteiger partial charge >= 0.3 is 5.97 Å². The lowest BCUT2D eigenvalue weighted by Crippen LogP contribution is -2.61. The van der Waals surface area contributed by atoms with E-state index < -0.39 is 33.4 Å². The molecule has 1 fully saturated rings. The first-order chi connectivity index (χ1) is 16.0. The van der Waals surface area contributed by atoms with Gasteiger partial charge in [-0.2, -0.15) is 0 Å². The third-order valence-corrected chi connectivity index (χ3v) is 7.46. The van der Waals surface area contributed by atoms with E-state index in [1.165, 1.54) is 6.07 Å². The van der Waals surface area contributed by atoms with Crippen LogP contribution in [0.5, 0.6) is 0 Å². The fourth-order valence-electron chi connectivity index (χ4n) is 4.27. The molecule has 1 aliphatic heterocycles. The predicted octanol–water partition coefficient (Wildman–Crippen LogP) is 5.07. The third-order valence-electron chi connectivity index (χ3n) is 5.74. The summed E-state index contributed by atoms with van der Waals surface area (Å²) in [5, 5.41) is 10.7. The Morgan fingerprint density at radius 1 is 1.00 bits per heavy atom. The number of nitrogens with zero attached hydrogens (tertiary/aromatic N) is 2. The molecule has 1 heterocycles. The normalized spacial score (nSPS) is 14.7. The summed E-state index contributed by atoms with van der Waals surface area (Å²) in [6, 6.07) is 17.1. The molecule has 3 aromatic carbocycles. The minimum Gasteiger partial charge on any atom is -0.478 e. The Balaban J connectivity index is 1.68. The Hall–Kier alpha value is -2.65. The minimum atomic E-state index is -3.85. The average molecular weight is 523 g/mol. The van der Waals surface area contributed by atoms with Crippen molar-refractivity contribution >= 4 is 44.9 Å². The van der Waals surface area contributed by atoms with Gasteiger partial charge in [-0.05, 0) is 53.6 Å². The minimum absolute atomic E-state index is 0.0596. The Morgan fingerprint density at radius 2 is 1.50 bits per heavy atom. The van der Waals surface area contributed by atoms with Gasteiger partial charge in [0.1, 0.15) is 5.82 Å². The molecule has 0 unspecified atom stereocenters. The van der Waals surface area contributed by atoms with E-state index in [0.29, 0.717) is 23.1 Å². The van der Waals surface area contributed by atoms with Crippen LogP contribution >= 0.6 is 23.2 Å². The molecule has 1 N–H and O–H groups in total. The van der Waals surface area contributed by atoms with Crippen LogP contribution in [0, 0.1) is 5.82 Å². The molecular formula is C24H21Cl2FN2O4S. The van der Waals surface area contributed by atoms with Gasteiger partial charge in [-0.3, -0.25) is 9.21 Å². The number of carbonyl (C=O) groups is 1. The van der Waals surface area contributed by atoms with Crippen molar-refractivity contribution in [2.75, 3.05) is 23.7 Å². The molecule has 3 aromatic rings. The highest BCUT2D eigenvalue weighted by Crippen LogP contribution is 2.37. The highest BCUT2D eigenvalue weighted by molar-refractivity contribution is 7.92. The first kappa shape index (κ1) is 24.5. The Kier molecular flexibility index (Phi) is 6.87. The van der Waals surface area contributed by atoms with Crippen molar-refractivity contribution < 1.29 is 22.7 Å². The zero-order valence-corrected chi connectivity index (χ0v) is 20.4. The first-order valence-corrected chi connectivity index (χ1v) is 12.9. The van der Waals surface area contributed by atoms with Crippen molar-refractivity contribution in [3.63, 3.8) is 0 Å². The number of rotatable bonds is 7. The SMILES string of the molecule is CS(=O)(=O)N(c1ccc(F)cc1C(=O)O)C1CN(C(c2ccc(Cl)cc2)c2ccc(Cl)cc2)C1. The maximum atomic E-state index is 13.7. The second-order valence-electron chi connectivity index (χ2n) is 8.14. The van der Waals surface area contributed by atoms with Crippen LogP contribution in [-0.2, 0) is 10.0 Å². The summed E-state index contributed by atoms with van der Waals surface area (Å²) in [4.78, 5) is 13.8. The van der Waals surface area contributed by atoms with Crippen LogP contribution in [0.4, 0.5) is 10.1 Å². The zero-order valence-electron chi connectivity index (χ0n) is 18.0. The highest BCUT2D eigenvalue weighted by Gasteiger charge is 2.41. The van der Waals surface area contributed by atoms with Gasteiger partial charge < -0.3 is 5.11 Å². The van der Waals surface area contributed by atoms with Gasteiger partial charge in [0.15, 0.2) is 0 Å². The average Bonchev–Trinajstić information content (AvgIpc) is 2.74. The van der Waals surface area contributed by atoms with Gasteiger partial charge in [0, 0.05) is 23.1 Å². The number of carboxylic acids is 1. The molecule has 0 aromatic heterocycles. The smallest absolute Gasteiger partial charge is 0.337 e. The van der Waals surface area contributed by atoms with Crippen molar-refractivity contribution in [1.82, 2.24) is 4.90 Å². The number of anilines is 1. The lowest BCUT2D eigenvalue weighted by molar-refractivity contribution is 0.0696. The molecule has 0 radical (unpaired) electrons. The Bertz CT molecular complexity index is 1270. The summed E-state index contributed by atoms with van der Waals surface area (Å²) in [7, 11) is -3.85. The first-order valence-electron chi connectivity index (χ1n) is 10.3. The maximum Gasteiger partial charge on any atom is 0.337 e. The summed E-state index contributed by atoms with van der Waals surface area (Å²) in [5.41, 5.74) is 1.46. The summed E-state index contributed by atoms with van der Waals surface area (Å²) in [6.07, 6.45) is 1.01. The molecule has 0 aliphatic carbocycles. The van der Waals surface area contributed by atoms with E-state index >= 15 is 0 Å². The lowest BCUT2D eigenvalue weighted by Gasteiger charge is -2.49. The van der Waals surface area contributed by atoms with Gasteiger partial charge in [-0.1, -0.05) is 47.5 Å². The molecule has 178 valence electrons. The fourth-order valence-corrected chi connectivity index (χ4v) is 5.71. The van der Waals surface area contributed by atoms with Crippen LogP contribution in [0.25, 0.3) is 0 Å². The standard InChI is InChI=1S/C24H21Cl2FN2O4S/c1-34(32,33)29(22-11-10-19(27)12-21(22)24(30)31)20-13-28(14-20)23(15-2-6-17(25)7-3-15)16-4-8-18(26)9-5-16/h2-12,20,23H,13-14H2,1H3,(H,30,31). The van der Waals surface area contributed by atoms with Crippen molar-refractivity contribution in [2.45, 2.75) is 12.1 Å². The number of sulfonamides is 1. The molecule has 34 heavy (non-hydrogen) atoms. The van der Waals surface area contributed by atoms with Gasteiger partial charge in [0.25, 0.3) is 0 Å². The van der Waals surface area contributed by atoms with E-state index in [1.54, 1.807) is 24.3 Å². The second-order valence-corrected chi connectivity index (χ2v) is 10.9. The number of hydrogen-bond acceptors (Lipinski definition) is 4. The topological polar surface area (TPSA) is 77.9 Å². The number of benzene rings is 3. The molecule has 0 spiro atoms. The monoisotopic (exact) mass is 522 g/mol. The van der Waals surface area contributed by atoms with E-state index in [9.17, 15) is 22.7 Å². The van der Waals surface area contributed by atoms with E-state index in [0.717, 1.165) is 33.8 Å². The second kappa shape index (κ2) is 9.54.